The van der Waals surface area contributed by atoms with Gasteiger partial charge in [0.1, 0.15) is 5.75 Å². The van der Waals surface area contributed by atoms with Gasteiger partial charge < -0.3 is 14.5 Å². The van der Waals surface area contributed by atoms with Crippen LogP contribution in [0.15, 0.2) is 24.3 Å². The molecule has 1 aromatic carbocycles. The van der Waals surface area contributed by atoms with E-state index in [9.17, 15) is 9.59 Å². The lowest BCUT2D eigenvalue weighted by Crippen LogP contribution is -2.41. The van der Waals surface area contributed by atoms with Gasteiger partial charge in [-0.15, -0.1) is 0 Å². The van der Waals surface area contributed by atoms with Crippen LogP contribution in [0.3, 0.4) is 0 Å². The maximum Gasteiger partial charge on any atom is 0.225 e. The normalized spacial score (nSPS) is 18.4. The van der Waals surface area contributed by atoms with E-state index < -0.39 is 0 Å². The molecule has 1 aliphatic carbocycles. The number of carbonyl (C=O) groups excluding carboxylic acids is 2. The number of ether oxygens (including phenoxy) is 1. The second-order valence-electron chi connectivity index (χ2n) is 7.00. The van der Waals surface area contributed by atoms with Crippen molar-refractivity contribution in [3.63, 3.8) is 0 Å². The minimum atomic E-state index is 0.170. The van der Waals surface area contributed by atoms with Crippen LogP contribution < -0.4 is 4.74 Å². The molecule has 2 amide bonds. The maximum atomic E-state index is 12.6. The number of rotatable bonds is 5. The fourth-order valence-corrected chi connectivity index (χ4v) is 3.61. The van der Waals surface area contributed by atoms with Crippen molar-refractivity contribution in [2.45, 2.75) is 38.5 Å². The second kappa shape index (κ2) is 8.37. The summed E-state index contributed by atoms with van der Waals surface area (Å²) in [7, 11) is 1.66. The zero-order valence-corrected chi connectivity index (χ0v) is 15.1. The van der Waals surface area contributed by atoms with Crippen molar-refractivity contribution in [1.29, 1.82) is 0 Å². The number of methoxy groups -OCH3 is 1. The predicted molar refractivity (Wildman–Crippen MR) is 96.4 cm³/mol. The van der Waals surface area contributed by atoms with Gasteiger partial charge in [-0.2, -0.15) is 0 Å². The zero-order chi connectivity index (χ0) is 17.6. The molecule has 0 atom stereocenters. The van der Waals surface area contributed by atoms with Gasteiger partial charge in [0.15, 0.2) is 0 Å². The van der Waals surface area contributed by atoms with Gasteiger partial charge in [-0.05, 0) is 37.3 Å². The van der Waals surface area contributed by atoms with E-state index in [0.717, 1.165) is 43.7 Å². The molecule has 3 rings (SSSR count). The number of hydrogen-bond donors (Lipinski definition) is 0. The molecule has 0 radical (unpaired) electrons. The molecule has 136 valence electrons. The van der Waals surface area contributed by atoms with Crippen molar-refractivity contribution in [2.24, 2.45) is 5.92 Å². The average Bonchev–Trinajstić information content (AvgIpc) is 2.84. The summed E-state index contributed by atoms with van der Waals surface area (Å²) in [5.41, 5.74) is 1.06. The van der Waals surface area contributed by atoms with Gasteiger partial charge >= 0.3 is 0 Å². The Balaban J connectivity index is 1.50. The topological polar surface area (TPSA) is 49.9 Å². The SMILES string of the molecule is COc1ccccc1CCC(=O)N1CCCN(C(=O)C2CCC2)CC1. The molecule has 5 heteroatoms. The average molecular weight is 344 g/mol. The first kappa shape index (κ1) is 17.8. The van der Waals surface area contributed by atoms with E-state index in [4.69, 9.17) is 4.74 Å². The minimum Gasteiger partial charge on any atom is -0.496 e. The predicted octanol–water partition coefficient (Wildman–Crippen LogP) is 2.49. The van der Waals surface area contributed by atoms with Gasteiger partial charge in [-0.1, -0.05) is 24.6 Å². The summed E-state index contributed by atoms with van der Waals surface area (Å²) in [5.74, 6) is 1.55. The van der Waals surface area contributed by atoms with Gasteiger partial charge in [-0.25, -0.2) is 0 Å². The first-order valence-corrected chi connectivity index (χ1v) is 9.37. The summed E-state index contributed by atoms with van der Waals surface area (Å²) in [6, 6.07) is 7.84. The van der Waals surface area contributed by atoms with E-state index >= 15 is 0 Å². The van der Waals surface area contributed by atoms with E-state index in [2.05, 4.69) is 0 Å². The van der Waals surface area contributed by atoms with Gasteiger partial charge in [0.05, 0.1) is 7.11 Å². The summed E-state index contributed by atoms with van der Waals surface area (Å²) < 4.78 is 5.35. The Morgan fingerprint density at radius 2 is 1.76 bits per heavy atom. The lowest BCUT2D eigenvalue weighted by Gasteiger charge is -2.31. The molecule has 0 N–H and O–H groups in total. The monoisotopic (exact) mass is 344 g/mol. The highest BCUT2D eigenvalue weighted by atomic mass is 16.5. The summed E-state index contributed by atoms with van der Waals surface area (Å²) in [4.78, 5) is 28.9. The number of carbonyl (C=O) groups is 2. The second-order valence-corrected chi connectivity index (χ2v) is 7.00. The van der Waals surface area contributed by atoms with Crippen LogP contribution in [0.4, 0.5) is 0 Å². The van der Waals surface area contributed by atoms with E-state index in [1.807, 2.05) is 34.1 Å². The lowest BCUT2D eigenvalue weighted by molar-refractivity contribution is -0.138. The van der Waals surface area contributed by atoms with Gasteiger partial charge in [-0.3, -0.25) is 9.59 Å². The molecule has 2 fully saturated rings. The Labute approximate surface area is 149 Å². The van der Waals surface area contributed by atoms with Crippen LogP contribution in [0.25, 0.3) is 0 Å². The highest BCUT2D eigenvalue weighted by Gasteiger charge is 2.30. The lowest BCUT2D eigenvalue weighted by atomic mass is 9.84. The molecule has 0 spiro atoms. The molecule has 0 bridgehead atoms. The van der Waals surface area contributed by atoms with Crippen LogP contribution in [0.2, 0.25) is 0 Å². The molecule has 1 aromatic rings. The quantitative estimate of drug-likeness (QED) is 0.825. The number of nitrogens with zero attached hydrogens (tertiary/aromatic N) is 2. The Hall–Kier alpha value is -2.04. The van der Waals surface area contributed by atoms with Gasteiger partial charge in [0, 0.05) is 38.5 Å². The van der Waals surface area contributed by atoms with E-state index in [1.54, 1.807) is 7.11 Å². The van der Waals surface area contributed by atoms with Crippen molar-refractivity contribution in [3.8, 4) is 5.75 Å². The Morgan fingerprint density at radius 3 is 2.48 bits per heavy atom. The van der Waals surface area contributed by atoms with Crippen molar-refractivity contribution in [2.75, 3.05) is 33.3 Å². The van der Waals surface area contributed by atoms with E-state index in [0.29, 0.717) is 31.8 Å². The van der Waals surface area contributed by atoms with Crippen LogP contribution in [0.5, 0.6) is 5.75 Å². The minimum absolute atomic E-state index is 0.170. The fraction of sp³-hybridized carbons (Fsp3) is 0.600. The molecule has 1 saturated carbocycles. The third kappa shape index (κ3) is 4.33. The van der Waals surface area contributed by atoms with Crippen LogP contribution in [0, 0.1) is 5.92 Å². The van der Waals surface area contributed by atoms with Crippen LogP contribution in [-0.2, 0) is 16.0 Å². The Kier molecular flexibility index (Phi) is 5.95. The van der Waals surface area contributed by atoms with Crippen molar-refractivity contribution < 1.29 is 14.3 Å². The molecule has 5 nitrogen and oxygen atoms in total. The third-order valence-electron chi connectivity index (χ3n) is 5.42. The number of amides is 2. The van der Waals surface area contributed by atoms with Gasteiger partial charge in [0.25, 0.3) is 0 Å². The number of hydrogen-bond acceptors (Lipinski definition) is 3. The standard InChI is InChI=1S/C20H28N2O3/c1-25-18-9-3-2-6-16(18)10-11-19(23)21-12-5-13-22(15-14-21)20(24)17-7-4-8-17/h2-3,6,9,17H,4-5,7-8,10-15H2,1H3. The van der Waals surface area contributed by atoms with Crippen LogP contribution in [-0.4, -0.2) is 54.9 Å². The van der Waals surface area contributed by atoms with E-state index in [-0.39, 0.29) is 11.8 Å². The highest BCUT2D eigenvalue weighted by molar-refractivity contribution is 5.80. The van der Waals surface area contributed by atoms with Crippen molar-refractivity contribution >= 4 is 11.8 Å². The van der Waals surface area contributed by atoms with Crippen LogP contribution in [0.1, 0.15) is 37.7 Å². The van der Waals surface area contributed by atoms with Crippen molar-refractivity contribution in [3.05, 3.63) is 29.8 Å². The smallest absolute Gasteiger partial charge is 0.225 e. The number of para-hydroxylation sites is 1. The first-order valence-electron chi connectivity index (χ1n) is 9.37. The molecule has 0 unspecified atom stereocenters. The zero-order valence-electron chi connectivity index (χ0n) is 15.1. The molecule has 1 heterocycles. The summed E-state index contributed by atoms with van der Waals surface area (Å²) in [5, 5.41) is 0. The molecule has 25 heavy (non-hydrogen) atoms. The van der Waals surface area contributed by atoms with Gasteiger partial charge in [0.2, 0.25) is 11.8 Å². The Morgan fingerprint density at radius 1 is 1.04 bits per heavy atom. The third-order valence-corrected chi connectivity index (χ3v) is 5.42. The molecule has 1 aliphatic heterocycles. The maximum absolute atomic E-state index is 12.6. The number of aryl methyl sites for hydroxylation is 1. The summed E-state index contributed by atoms with van der Waals surface area (Å²) in [6.07, 6.45) is 5.30. The number of benzene rings is 1. The van der Waals surface area contributed by atoms with Crippen LogP contribution >= 0.6 is 0 Å². The molecule has 2 aliphatic rings. The summed E-state index contributed by atoms with van der Waals surface area (Å²) in [6.45, 7) is 2.86. The summed E-state index contributed by atoms with van der Waals surface area (Å²) >= 11 is 0. The first-order chi connectivity index (χ1) is 12.2. The van der Waals surface area contributed by atoms with Crippen molar-refractivity contribution in [1.82, 2.24) is 9.80 Å². The van der Waals surface area contributed by atoms with E-state index in [1.165, 1.54) is 6.42 Å². The molecule has 1 saturated heterocycles. The molecular weight excluding hydrogens is 316 g/mol. The largest absolute Gasteiger partial charge is 0.496 e. The molecule has 0 aromatic heterocycles. The highest BCUT2D eigenvalue weighted by Crippen LogP contribution is 2.28. The fourth-order valence-electron chi connectivity index (χ4n) is 3.61. The molecular formula is C20H28N2O3. The Bertz CT molecular complexity index is 613.